The maximum absolute atomic E-state index is 4.71. The van der Waals surface area contributed by atoms with Crippen LogP contribution >= 0.6 is 0 Å². The topological polar surface area (TPSA) is 29.9 Å². The van der Waals surface area contributed by atoms with Gasteiger partial charge in [0.1, 0.15) is 0 Å². The Morgan fingerprint density at radius 2 is 1.95 bits per heavy atom. The van der Waals surface area contributed by atoms with Gasteiger partial charge < -0.3 is 5.32 Å². The average molecular weight is 283 g/mol. The summed E-state index contributed by atoms with van der Waals surface area (Å²) >= 11 is 0. The highest BCUT2D eigenvalue weighted by atomic mass is 15.3. The second-order valence-electron chi connectivity index (χ2n) is 6.36. The number of para-hydroxylation sites is 1. The fourth-order valence-corrected chi connectivity index (χ4v) is 2.96. The lowest BCUT2D eigenvalue weighted by Crippen LogP contribution is -2.26. The third-order valence-electron chi connectivity index (χ3n) is 4.45. The molecule has 1 aromatic heterocycles. The van der Waals surface area contributed by atoms with Crippen molar-refractivity contribution < 1.29 is 0 Å². The van der Waals surface area contributed by atoms with Crippen LogP contribution in [0.5, 0.6) is 0 Å². The molecule has 0 amide bonds. The van der Waals surface area contributed by atoms with Crippen molar-refractivity contribution in [2.45, 2.75) is 52.6 Å². The van der Waals surface area contributed by atoms with Crippen LogP contribution in [-0.4, -0.2) is 15.8 Å². The summed E-state index contributed by atoms with van der Waals surface area (Å²) in [5.74, 6) is 0.974. The van der Waals surface area contributed by atoms with E-state index in [0.29, 0.717) is 6.04 Å². The second kappa shape index (κ2) is 6.02. The van der Waals surface area contributed by atoms with Crippen LogP contribution in [0.1, 0.15) is 43.1 Å². The highest BCUT2D eigenvalue weighted by molar-refractivity contribution is 5.36. The molecule has 3 heteroatoms. The van der Waals surface area contributed by atoms with Crippen LogP contribution in [0, 0.1) is 19.8 Å². The normalized spacial score (nSPS) is 16.1. The molecule has 3 rings (SSSR count). The molecule has 1 aliphatic carbocycles. The van der Waals surface area contributed by atoms with Crippen LogP contribution in [0.3, 0.4) is 0 Å². The third kappa shape index (κ3) is 3.35. The Balaban J connectivity index is 1.72. The van der Waals surface area contributed by atoms with Gasteiger partial charge in [-0.15, -0.1) is 0 Å². The van der Waals surface area contributed by atoms with Crippen molar-refractivity contribution in [2.24, 2.45) is 5.92 Å². The van der Waals surface area contributed by atoms with E-state index in [9.17, 15) is 0 Å². The smallest absolute Gasteiger partial charge is 0.0648 e. The first-order chi connectivity index (χ1) is 10.1. The molecule has 1 fully saturated rings. The van der Waals surface area contributed by atoms with E-state index >= 15 is 0 Å². The molecule has 1 heterocycles. The number of rotatable bonds is 6. The predicted octanol–water partition coefficient (Wildman–Crippen LogP) is 3.77. The Morgan fingerprint density at radius 3 is 2.62 bits per heavy atom. The third-order valence-corrected chi connectivity index (χ3v) is 4.45. The number of aryl methyl sites for hydroxylation is 1. The van der Waals surface area contributed by atoms with Gasteiger partial charge >= 0.3 is 0 Å². The standard InChI is InChI=1S/C18H25N3/c1-13(11-16-9-10-16)19-12-18-14(2)20-21(15(18)3)17-7-5-4-6-8-17/h4-8,13,16,19H,9-12H2,1-3H3. The molecule has 1 aromatic carbocycles. The van der Waals surface area contributed by atoms with E-state index in [-0.39, 0.29) is 0 Å². The van der Waals surface area contributed by atoms with Crippen molar-refractivity contribution >= 4 is 0 Å². The fourth-order valence-electron chi connectivity index (χ4n) is 2.96. The van der Waals surface area contributed by atoms with Gasteiger partial charge in [0, 0.05) is 23.8 Å². The number of nitrogens with zero attached hydrogens (tertiary/aromatic N) is 2. The molecule has 2 aromatic rings. The number of nitrogens with one attached hydrogen (secondary N) is 1. The van der Waals surface area contributed by atoms with E-state index in [1.807, 2.05) is 6.07 Å². The van der Waals surface area contributed by atoms with Crippen molar-refractivity contribution in [3.8, 4) is 5.69 Å². The van der Waals surface area contributed by atoms with E-state index in [1.165, 1.54) is 30.5 Å². The van der Waals surface area contributed by atoms with Crippen LogP contribution in [-0.2, 0) is 6.54 Å². The highest BCUT2D eigenvalue weighted by Crippen LogP contribution is 2.33. The van der Waals surface area contributed by atoms with E-state index in [2.05, 4.69) is 55.0 Å². The Kier molecular flexibility index (Phi) is 4.11. The SMILES string of the molecule is Cc1nn(-c2ccccc2)c(C)c1CNC(C)CC1CC1. The molecule has 0 aliphatic heterocycles. The molecule has 0 radical (unpaired) electrons. The van der Waals surface area contributed by atoms with E-state index in [4.69, 9.17) is 5.10 Å². The molecule has 1 N–H and O–H groups in total. The minimum Gasteiger partial charge on any atom is -0.310 e. The minimum absolute atomic E-state index is 0.594. The van der Waals surface area contributed by atoms with Gasteiger partial charge in [0.15, 0.2) is 0 Å². The first-order valence-corrected chi connectivity index (χ1v) is 7.99. The number of hydrogen-bond donors (Lipinski definition) is 1. The van der Waals surface area contributed by atoms with Crippen LogP contribution < -0.4 is 5.32 Å². The quantitative estimate of drug-likeness (QED) is 0.874. The lowest BCUT2D eigenvalue weighted by molar-refractivity contribution is 0.486. The van der Waals surface area contributed by atoms with Crippen LogP contribution in [0.4, 0.5) is 0 Å². The van der Waals surface area contributed by atoms with Gasteiger partial charge in [-0.3, -0.25) is 0 Å². The van der Waals surface area contributed by atoms with Crippen LogP contribution in [0.15, 0.2) is 30.3 Å². The zero-order chi connectivity index (χ0) is 14.8. The van der Waals surface area contributed by atoms with Gasteiger partial charge in [0.2, 0.25) is 0 Å². The Morgan fingerprint density at radius 1 is 1.24 bits per heavy atom. The molecule has 112 valence electrons. The average Bonchev–Trinajstić information content (AvgIpc) is 3.24. The first-order valence-electron chi connectivity index (χ1n) is 7.99. The van der Waals surface area contributed by atoms with Crippen molar-refractivity contribution in [3.05, 3.63) is 47.3 Å². The monoisotopic (exact) mass is 283 g/mol. The Bertz CT molecular complexity index is 596. The summed E-state index contributed by atoms with van der Waals surface area (Å²) in [7, 11) is 0. The van der Waals surface area contributed by atoms with Crippen molar-refractivity contribution in [2.75, 3.05) is 0 Å². The summed E-state index contributed by atoms with van der Waals surface area (Å²) in [5.41, 5.74) is 4.84. The minimum atomic E-state index is 0.594. The summed E-state index contributed by atoms with van der Waals surface area (Å²) < 4.78 is 2.05. The lowest BCUT2D eigenvalue weighted by atomic mass is 10.1. The van der Waals surface area contributed by atoms with Crippen LogP contribution in [0.25, 0.3) is 5.69 Å². The van der Waals surface area contributed by atoms with Gasteiger partial charge in [-0.25, -0.2) is 4.68 Å². The molecule has 0 bridgehead atoms. The molecular formula is C18H25N3. The van der Waals surface area contributed by atoms with Gasteiger partial charge in [0.25, 0.3) is 0 Å². The second-order valence-corrected chi connectivity index (χ2v) is 6.36. The van der Waals surface area contributed by atoms with Crippen LogP contribution in [0.2, 0.25) is 0 Å². The van der Waals surface area contributed by atoms with E-state index in [0.717, 1.165) is 23.8 Å². The van der Waals surface area contributed by atoms with E-state index in [1.54, 1.807) is 0 Å². The maximum Gasteiger partial charge on any atom is 0.0648 e. The van der Waals surface area contributed by atoms with Gasteiger partial charge in [-0.1, -0.05) is 31.0 Å². The Hall–Kier alpha value is -1.61. The lowest BCUT2D eigenvalue weighted by Gasteiger charge is -2.13. The molecule has 21 heavy (non-hydrogen) atoms. The highest BCUT2D eigenvalue weighted by Gasteiger charge is 2.23. The van der Waals surface area contributed by atoms with Gasteiger partial charge in [0.05, 0.1) is 11.4 Å². The van der Waals surface area contributed by atoms with Crippen molar-refractivity contribution in [1.82, 2.24) is 15.1 Å². The fraction of sp³-hybridized carbons (Fsp3) is 0.500. The molecule has 3 nitrogen and oxygen atoms in total. The molecule has 0 spiro atoms. The molecule has 1 saturated carbocycles. The summed E-state index contributed by atoms with van der Waals surface area (Å²) in [6.07, 6.45) is 4.16. The summed E-state index contributed by atoms with van der Waals surface area (Å²) in [6.45, 7) is 7.48. The first kappa shape index (κ1) is 14.3. The zero-order valence-corrected chi connectivity index (χ0v) is 13.3. The largest absolute Gasteiger partial charge is 0.310 e. The van der Waals surface area contributed by atoms with Gasteiger partial charge in [-0.2, -0.15) is 5.10 Å². The number of benzene rings is 1. The summed E-state index contributed by atoms with van der Waals surface area (Å²) in [6, 6.07) is 11.0. The molecule has 1 unspecified atom stereocenters. The van der Waals surface area contributed by atoms with E-state index < -0.39 is 0 Å². The maximum atomic E-state index is 4.71. The molecule has 1 aliphatic rings. The predicted molar refractivity (Wildman–Crippen MR) is 86.7 cm³/mol. The van der Waals surface area contributed by atoms with Gasteiger partial charge in [-0.05, 0) is 45.2 Å². The molecule has 0 saturated heterocycles. The van der Waals surface area contributed by atoms with Crippen molar-refractivity contribution in [1.29, 1.82) is 0 Å². The van der Waals surface area contributed by atoms with Crippen molar-refractivity contribution in [3.63, 3.8) is 0 Å². The zero-order valence-electron chi connectivity index (χ0n) is 13.3. The number of aromatic nitrogens is 2. The summed E-state index contributed by atoms with van der Waals surface area (Å²) in [5, 5.41) is 8.37. The molecule has 1 atom stereocenters. The molecular weight excluding hydrogens is 258 g/mol. The number of hydrogen-bond acceptors (Lipinski definition) is 2. The Labute approximate surface area is 127 Å². The summed E-state index contributed by atoms with van der Waals surface area (Å²) in [4.78, 5) is 0.